The van der Waals surface area contributed by atoms with Gasteiger partial charge in [-0.3, -0.25) is 0 Å². The van der Waals surface area contributed by atoms with Gasteiger partial charge in [0.05, 0.1) is 66.2 Å². The molecule has 111 heavy (non-hydrogen) atoms. The maximum Gasteiger partial charge on any atom is 0.164 e. The number of nitrogens with zero attached hydrogens (tertiary/aromatic N) is 9. The Hall–Kier alpha value is -13.9. The highest BCUT2D eigenvalue weighted by atomic mass is 15.1. The van der Waals surface area contributed by atoms with E-state index in [9.17, 15) is 0 Å². The van der Waals surface area contributed by atoms with Crippen LogP contribution in [0.5, 0.6) is 0 Å². The standard InChI is InChI=1S/C102H75N9/c1-61(2)66-55-81(62(3)4)99(82(56-66)63(5)6)102-104-100(64-25-23-27-67(53-64)106-95-49-45-69(108-87-37-15-7-29-73(87)74-30-8-16-38-88(74)108)57-83(95)84-58-70(46-50-96(84)106)109-89-39-17-9-31-75(89)76-32-10-18-40-90(76)109)103-101(105-102)65-26-24-28-68(54-65)107-97-51-47-71(110-91-41-19-11-33-77(91)78-34-12-20-42-92(78)110)59-85(97)86-60-72(48-52-98(86)107)111-93-43-21-13-35-79(93)80-36-14-22-44-94(80)111/h7-63H,1-6H3. The number of benzene rings is 15. The van der Waals surface area contributed by atoms with Crippen molar-refractivity contribution < 1.29 is 0 Å². The van der Waals surface area contributed by atoms with Crippen LogP contribution in [0.2, 0.25) is 0 Å². The molecule has 22 aromatic rings. The van der Waals surface area contributed by atoms with Gasteiger partial charge in [-0.1, -0.05) is 224 Å². The Bertz CT molecular complexity index is 6650. The molecule has 0 fully saturated rings. The molecule has 0 saturated heterocycles. The monoisotopic (exact) mass is 1430 g/mol. The molecule has 0 amide bonds. The average Bonchev–Trinajstić information content (AvgIpc) is 1.58. The van der Waals surface area contributed by atoms with Crippen molar-refractivity contribution in [3.05, 3.63) is 344 Å². The quantitative estimate of drug-likeness (QED) is 0.122. The highest BCUT2D eigenvalue weighted by Gasteiger charge is 2.27. The minimum absolute atomic E-state index is 0.175. The first-order valence-corrected chi connectivity index (χ1v) is 38.8. The lowest BCUT2D eigenvalue weighted by Crippen LogP contribution is -2.08. The van der Waals surface area contributed by atoms with Crippen LogP contribution in [0, 0.1) is 0 Å². The van der Waals surface area contributed by atoms with E-state index in [-0.39, 0.29) is 11.8 Å². The van der Waals surface area contributed by atoms with Crippen molar-refractivity contribution in [2.75, 3.05) is 0 Å². The SMILES string of the molecule is CC(C)c1cc(C(C)C)c(-c2nc(-c3cccc(-n4c5ccc(-n6c7ccccc7c7ccccc76)cc5c5cc(-n6c7ccccc7c7ccccc76)ccc54)c3)nc(-c3cccc(-n4c5ccc(-n6c7ccccc7c7ccccc76)cc5c5cc(-n6c7ccccc7c7ccccc76)ccc54)c3)n2)c(C(C)C)c1. The number of fused-ring (bicyclic) bond motifs is 18. The minimum atomic E-state index is 0.175. The Morgan fingerprint density at radius 2 is 0.414 bits per heavy atom. The third kappa shape index (κ3) is 9.84. The predicted molar refractivity (Wildman–Crippen MR) is 464 cm³/mol. The molecule has 0 aliphatic heterocycles. The fraction of sp³-hybridized carbons (Fsp3) is 0.0882. The summed E-state index contributed by atoms with van der Waals surface area (Å²) in [6.07, 6.45) is 0. The molecule has 0 radical (unpaired) electrons. The summed E-state index contributed by atoms with van der Waals surface area (Å²) in [7, 11) is 0. The molecule has 0 spiro atoms. The van der Waals surface area contributed by atoms with Crippen molar-refractivity contribution in [1.29, 1.82) is 0 Å². The third-order valence-corrected chi connectivity index (χ3v) is 23.5. The van der Waals surface area contributed by atoms with Crippen LogP contribution in [0.15, 0.2) is 328 Å². The maximum absolute atomic E-state index is 5.73. The van der Waals surface area contributed by atoms with Gasteiger partial charge in [-0.05, 0) is 180 Å². The van der Waals surface area contributed by atoms with Crippen LogP contribution < -0.4 is 0 Å². The summed E-state index contributed by atoms with van der Waals surface area (Å²) in [5, 5.41) is 14.4. The van der Waals surface area contributed by atoms with Gasteiger partial charge in [0.15, 0.2) is 17.5 Å². The lowest BCUT2D eigenvalue weighted by Gasteiger charge is -2.22. The molecule has 22 rings (SSSR count). The van der Waals surface area contributed by atoms with Crippen molar-refractivity contribution in [2.45, 2.75) is 59.3 Å². The first kappa shape index (κ1) is 64.3. The van der Waals surface area contributed by atoms with E-state index in [0.29, 0.717) is 23.4 Å². The van der Waals surface area contributed by atoms with Gasteiger partial charge in [0.1, 0.15) is 0 Å². The van der Waals surface area contributed by atoms with Crippen molar-refractivity contribution in [3.8, 4) is 68.3 Å². The summed E-state index contributed by atoms with van der Waals surface area (Å²) < 4.78 is 14.6. The molecule has 9 heteroatoms. The van der Waals surface area contributed by atoms with E-state index in [1.165, 1.54) is 104 Å². The average molecular weight is 1430 g/mol. The molecule has 0 aliphatic rings. The second-order valence-corrected chi connectivity index (χ2v) is 30.9. The second kappa shape index (κ2) is 24.8. The largest absolute Gasteiger partial charge is 0.309 e. The van der Waals surface area contributed by atoms with E-state index in [2.05, 4.69) is 397 Å². The number of hydrogen-bond donors (Lipinski definition) is 0. The molecule has 0 N–H and O–H groups in total. The number of rotatable bonds is 12. The Labute approximate surface area is 641 Å². The van der Waals surface area contributed by atoms with Gasteiger partial charge in [-0.15, -0.1) is 0 Å². The first-order chi connectivity index (χ1) is 54.5. The number of hydrogen-bond acceptors (Lipinski definition) is 3. The maximum atomic E-state index is 5.73. The van der Waals surface area contributed by atoms with E-state index >= 15 is 0 Å². The zero-order chi connectivity index (χ0) is 74.0. The molecule has 0 saturated carbocycles. The third-order valence-electron chi connectivity index (χ3n) is 23.5. The zero-order valence-electron chi connectivity index (χ0n) is 62.4. The molecular formula is C102H75N9. The molecule has 0 atom stereocenters. The molecule has 528 valence electrons. The molecule has 7 aromatic heterocycles. The van der Waals surface area contributed by atoms with E-state index in [1.54, 1.807) is 0 Å². The van der Waals surface area contributed by atoms with Crippen LogP contribution in [0.4, 0.5) is 0 Å². The Morgan fingerprint density at radius 1 is 0.189 bits per heavy atom. The molecular weight excluding hydrogens is 1350 g/mol. The van der Waals surface area contributed by atoms with E-state index in [0.717, 1.165) is 94.4 Å². The Kier molecular flexibility index (Phi) is 14.4. The summed E-state index contributed by atoms with van der Waals surface area (Å²) >= 11 is 0. The van der Waals surface area contributed by atoms with Crippen molar-refractivity contribution in [3.63, 3.8) is 0 Å². The molecule has 0 bridgehead atoms. The fourth-order valence-electron chi connectivity index (χ4n) is 18.4. The Morgan fingerprint density at radius 3 is 0.658 bits per heavy atom. The normalized spacial score (nSPS) is 12.3. The number of aromatic nitrogens is 9. The molecule has 0 aliphatic carbocycles. The Balaban J connectivity index is 0.750. The molecule has 0 unspecified atom stereocenters. The first-order valence-electron chi connectivity index (χ1n) is 38.8. The lowest BCUT2D eigenvalue weighted by molar-refractivity contribution is 0.804. The van der Waals surface area contributed by atoms with Crippen molar-refractivity contribution in [1.82, 2.24) is 42.4 Å². The van der Waals surface area contributed by atoms with Crippen LogP contribution in [0.1, 0.15) is 76.0 Å². The van der Waals surface area contributed by atoms with Crippen LogP contribution >= 0.6 is 0 Å². The van der Waals surface area contributed by atoms with E-state index in [4.69, 9.17) is 15.0 Å². The summed E-state index contributed by atoms with van der Waals surface area (Å²) in [4.78, 5) is 17.2. The van der Waals surface area contributed by atoms with Crippen LogP contribution in [-0.2, 0) is 0 Å². The predicted octanol–water partition coefficient (Wildman–Crippen LogP) is 26.8. The summed E-state index contributed by atoms with van der Waals surface area (Å²) in [5.74, 6) is 2.52. The minimum Gasteiger partial charge on any atom is -0.309 e. The summed E-state index contributed by atoms with van der Waals surface area (Å²) in [5.41, 5.74) is 26.7. The molecule has 9 nitrogen and oxygen atoms in total. The van der Waals surface area contributed by atoms with Gasteiger partial charge in [0, 0.05) is 115 Å². The van der Waals surface area contributed by atoms with E-state index in [1.807, 2.05) is 0 Å². The molecule has 7 heterocycles. The smallest absolute Gasteiger partial charge is 0.164 e. The molecule has 15 aromatic carbocycles. The highest BCUT2D eigenvalue weighted by Crippen LogP contribution is 2.45. The van der Waals surface area contributed by atoms with Crippen LogP contribution in [0.25, 0.3) is 199 Å². The highest BCUT2D eigenvalue weighted by molar-refractivity contribution is 6.17. The van der Waals surface area contributed by atoms with Crippen molar-refractivity contribution >= 4 is 131 Å². The second-order valence-electron chi connectivity index (χ2n) is 30.9. The van der Waals surface area contributed by atoms with Gasteiger partial charge in [-0.25, -0.2) is 15.0 Å². The number of para-hydroxylation sites is 8. The summed E-state index contributed by atoms with van der Waals surface area (Å²) in [6, 6.07) is 121. The van der Waals surface area contributed by atoms with Gasteiger partial charge < -0.3 is 27.4 Å². The van der Waals surface area contributed by atoms with Gasteiger partial charge >= 0.3 is 0 Å². The van der Waals surface area contributed by atoms with Gasteiger partial charge in [0.25, 0.3) is 0 Å². The van der Waals surface area contributed by atoms with Gasteiger partial charge in [-0.2, -0.15) is 0 Å². The summed E-state index contributed by atoms with van der Waals surface area (Å²) in [6.45, 7) is 13.8. The fourth-order valence-corrected chi connectivity index (χ4v) is 18.4. The zero-order valence-corrected chi connectivity index (χ0v) is 62.4. The van der Waals surface area contributed by atoms with Crippen LogP contribution in [0.3, 0.4) is 0 Å². The van der Waals surface area contributed by atoms with Crippen LogP contribution in [-0.4, -0.2) is 42.4 Å². The van der Waals surface area contributed by atoms with E-state index < -0.39 is 0 Å². The lowest BCUT2D eigenvalue weighted by atomic mass is 9.84. The topological polar surface area (TPSA) is 68.2 Å². The van der Waals surface area contributed by atoms with Crippen molar-refractivity contribution in [2.24, 2.45) is 0 Å². The van der Waals surface area contributed by atoms with Gasteiger partial charge in [0.2, 0.25) is 0 Å².